The molecule has 3 aromatic heterocycles. The second-order valence-electron chi connectivity index (χ2n) is 7.93. The van der Waals surface area contributed by atoms with Crippen molar-refractivity contribution < 1.29 is 13.9 Å². The first kappa shape index (κ1) is 21.9. The van der Waals surface area contributed by atoms with Crippen LogP contribution in [0.1, 0.15) is 29.7 Å². The van der Waals surface area contributed by atoms with Gasteiger partial charge in [-0.2, -0.15) is 0 Å². The highest BCUT2D eigenvalue weighted by atomic mass is 32.2. The Bertz CT molecular complexity index is 1310. The van der Waals surface area contributed by atoms with Gasteiger partial charge in [-0.15, -0.1) is 0 Å². The lowest BCUT2D eigenvalue weighted by molar-refractivity contribution is -0.122. The molecule has 0 aliphatic carbocycles. The van der Waals surface area contributed by atoms with E-state index in [2.05, 4.69) is 5.32 Å². The number of hydrogen-bond donors (Lipinski definition) is 1. The van der Waals surface area contributed by atoms with Crippen molar-refractivity contribution in [1.29, 1.82) is 0 Å². The second-order valence-corrected chi connectivity index (χ2v) is 9.60. The lowest BCUT2D eigenvalue weighted by atomic mass is 10.2. The van der Waals surface area contributed by atoms with Gasteiger partial charge in [0.2, 0.25) is 0 Å². The third-order valence-electron chi connectivity index (χ3n) is 5.65. The van der Waals surface area contributed by atoms with Crippen LogP contribution >= 0.6 is 24.0 Å². The zero-order chi connectivity index (χ0) is 22.9. The molecule has 5 heterocycles. The van der Waals surface area contributed by atoms with Crippen LogP contribution < -0.4 is 10.9 Å². The summed E-state index contributed by atoms with van der Waals surface area (Å²) in [6, 6.07) is 7.26. The van der Waals surface area contributed by atoms with Gasteiger partial charge >= 0.3 is 0 Å². The molecule has 0 aromatic carbocycles. The molecule has 0 unspecified atom stereocenters. The molecule has 3 aromatic rings. The summed E-state index contributed by atoms with van der Waals surface area (Å²) in [5, 5.41) is 3.29. The third kappa shape index (κ3) is 4.33. The zero-order valence-electron chi connectivity index (χ0n) is 17.9. The molecule has 10 heteroatoms. The number of aryl methyl sites for hydroxylation is 1. The highest BCUT2D eigenvalue weighted by Gasteiger charge is 2.33. The molecule has 33 heavy (non-hydrogen) atoms. The van der Waals surface area contributed by atoms with Gasteiger partial charge in [-0.05, 0) is 49.6 Å². The van der Waals surface area contributed by atoms with Crippen LogP contribution in [0.3, 0.4) is 0 Å². The van der Waals surface area contributed by atoms with Gasteiger partial charge in [-0.25, -0.2) is 4.98 Å². The topological polar surface area (TPSA) is 89.1 Å². The van der Waals surface area contributed by atoms with Crippen LogP contribution in [0.15, 0.2) is 50.8 Å². The molecular weight excluding hydrogens is 460 g/mol. The maximum Gasteiger partial charge on any atom is 0.267 e. The van der Waals surface area contributed by atoms with E-state index in [-0.39, 0.29) is 24.1 Å². The van der Waals surface area contributed by atoms with Crippen molar-refractivity contribution in [3.05, 3.63) is 68.9 Å². The van der Waals surface area contributed by atoms with Crippen molar-refractivity contribution in [2.75, 3.05) is 18.5 Å². The molecule has 1 N–H and O–H groups in total. The molecule has 2 aliphatic rings. The zero-order valence-corrected chi connectivity index (χ0v) is 19.6. The molecule has 2 fully saturated rings. The standard InChI is InChI=1S/C23H22N4O4S2/c1-14-5-2-8-26-20(14)25-19(24-12-15-6-3-9-30-15)17(21(26)28)11-18-22(29)27(23(32)33-18)13-16-7-4-10-31-16/h2,4-5,7-8,10-11,15,24H,3,6,9,12-13H2,1H3/b18-11-/t15-/m1/s1. The quantitative estimate of drug-likeness (QED) is 0.421. The molecule has 0 spiro atoms. The van der Waals surface area contributed by atoms with E-state index in [1.807, 2.05) is 13.0 Å². The number of carbonyl (C=O) groups excluding carboxylic acids is 1. The number of carbonyl (C=O) groups is 1. The summed E-state index contributed by atoms with van der Waals surface area (Å²) in [6.07, 6.45) is 6.87. The number of thioether (sulfide) groups is 1. The normalized spacial score (nSPS) is 19.8. The molecule has 0 bridgehead atoms. The number of anilines is 1. The van der Waals surface area contributed by atoms with Crippen LogP contribution in [0.25, 0.3) is 11.7 Å². The second kappa shape index (κ2) is 9.12. The molecule has 2 aliphatic heterocycles. The number of nitrogens with one attached hydrogen (secondary N) is 1. The molecule has 2 saturated heterocycles. The van der Waals surface area contributed by atoms with Crippen molar-refractivity contribution in [3.8, 4) is 0 Å². The Balaban J connectivity index is 1.53. The van der Waals surface area contributed by atoms with Gasteiger partial charge < -0.3 is 14.5 Å². The summed E-state index contributed by atoms with van der Waals surface area (Å²) in [7, 11) is 0. The SMILES string of the molecule is Cc1cccn2c(=O)c(/C=C3\SC(=S)N(Cc4ccco4)C3=O)c(NC[C@H]3CCCO3)nc12. The van der Waals surface area contributed by atoms with Crippen LogP contribution in [0.4, 0.5) is 5.82 Å². The molecule has 170 valence electrons. The Morgan fingerprint density at radius 2 is 2.21 bits per heavy atom. The Kier molecular flexibility index (Phi) is 6.05. The number of rotatable bonds is 6. The molecular formula is C23H22N4O4S2. The summed E-state index contributed by atoms with van der Waals surface area (Å²) in [5.41, 5.74) is 1.51. The van der Waals surface area contributed by atoms with Gasteiger partial charge in [-0.3, -0.25) is 18.9 Å². The monoisotopic (exact) mass is 482 g/mol. The first-order chi connectivity index (χ1) is 16.0. The average Bonchev–Trinajstić information content (AvgIpc) is 3.55. The average molecular weight is 483 g/mol. The number of hydrogen-bond acceptors (Lipinski definition) is 8. The van der Waals surface area contributed by atoms with E-state index in [9.17, 15) is 9.59 Å². The van der Waals surface area contributed by atoms with E-state index in [0.717, 1.165) is 25.0 Å². The highest BCUT2D eigenvalue weighted by Crippen LogP contribution is 2.34. The predicted octanol–water partition coefficient (Wildman–Crippen LogP) is 3.59. The first-order valence-corrected chi connectivity index (χ1v) is 11.9. The Labute approximate surface area is 199 Å². The highest BCUT2D eigenvalue weighted by molar-refractivity contribution is 8.26. The van der Waals surface area contributed by atoms with Crippen molar-refractivity contribution in [2.45, 2.75) is 32.4 Å². The summed E-state index contributed by atoms with van der Waals surface area (Å²) >= 11 is 6.59. The Morgan fingerprint density at radius 3 is 2.97 bits per heavy atom. The molecule has 5 rings (SSSR count). The molecule has 0 saturated carbocycles. The van der Waals surface area contributed by atoms with E-state index >= 15 is 0 Å². The van der Waals surface area contributed by atoms with Gasteiger partial charge in [-0.1, -0.05) is 30.0 Å². The van der Waals surface area contributed by atoms with Crippen LogP contribution in [-0.2, 0) is 16.1 Å². The van der Waals surface area contributed by atoms with E-state index in [1.54, 1.807) is 36.7 Å². The van der Waals surface area contributed by atoms with Crippen molar-refractivity contribution in [3.63, 3.8) is 0 Å². The van der Waals surface area contributed by atoms with Crippen molar-refractivity contribution >= 4 is 51.7 Å². The van der Waals surface area contributed by atoms with Gasteiger partial charge in [0, 0.05) is 19.3 Å². The third-order valence-corrected chi connectivity index (χ3v) is 7.03. The fourth-order valence-electron chi connectivity index (χ4n) is 3.92. The lowest BCUT2D eigenvalue weighted by Gasteiger charge is -2.15. The molecule has 1 atom stereocenters. The maximum absolute atomic E-state index is 13.4. The first-order valence-electron chi connectivity index (χ1n) is 10.7. The number of pyridine rings is 1. The van der Waals surface area contributed by atoms with E-state index < -0.39 is 0 Å². The predicted molar refractivity (Wildman–Crippen MR) is 131 cm³/mol. The van der Waals surface area contributed by atoms with Crippen molar-refractivity contribution in [1.82, 2.24) is 14.3 Å². The van der Waals surface area contributed by atoms with Gasteiger partial charge in [0.25, 0.3) is 11.5 Å². The number of amides is 1. The van der Waals surface area contributed by atoms with Crippen LogP contribution in [0.5, 0.6) is 0 Å². The van der Waals surface area contributed by atoms with Gasteiger partial charge in [0.15, 0.2) is 0 Å². The largest absolute Gasteiger partial charge is 0.467 e. The fraction of sp³-hybridized carbons (Fsp3) is 0.304. The number of thiocarbonyl (C=S) groups is 1. The number of aromatic nitrogens is 2. The van der Waals surface area contributed by atoms with Crippen LogP contribution in [-0.4, -0.2) is 43.8 Å². The maximum atomic E-state index is 13.4. The molecule has 8 nitrogen and oxygen atoms in total. The molecule has 1 amide bonds. The summed E-state index contributed by atoms with van der Waals surface area (Å²) in [5.74, 6) is 0.802. The smallest absolute Gasteiger partial charge is 0.267 e. The Morgan fingerprint density at radius 1 is 1.33 bits per heavy atom. The lowest BCUT2D eigenvalue weighted by Crippen LogP contribution is -2.27. The van der Waals surface area contributed by atoms with E-state index in [0.29, 0.717) is 38.6 Å². The van der Waals surface area contributed by atoms with Crippen molar-refractivity contribution in [2.24, 2.45) is 0 Å². The number of ether oxygens (including phenoxy) is 1. The van der Waals surface area contributed by atoms with E-state index in [4.69, 9.17) is 26.4 Å². The summed E-state index contributed by atoms with van der Waals surface area (Å²) in [4.78, 5) is 33.1. The number of nitrogens with zero attached hydrogens (tertiary/aromatic N) is 3. The van der Waals surface area contributed by atoms with Gasteiger partial charge in [0.1, 0.15) is 21.5 Å². The minimum absolute atomic E-state index is 0.0708. The Hall–Kier alpha value is -2.95. The minimum atomic E-state index is -0.264. The summed E-state index contributed by atoms with van der Waals surface area (Å²) < 4.78 is 13.0. The summed E-state index contributed by atoms with van der Waals surface area (Å²) in [6.45, 7) is 3.43. The van der Waals surface area contributed by atoms with Gasteiger partial charge in [0.05, 0.1) is 29.4 Å². The van der Waals surface area contributed by atoms with E-state index in [1.165, 1.54) is 21.1 Å². The van der Waals surface area contributed by atoms with Crippen LogP contribution in [0.2, 0.25) is 0 Å². The number of fused-ring (bicyclic) bond motifs is 1. The van der Waals surface area contributed by atoms with Crippen LogP contribution in [0, 0.1) is 6.92 Å². The number of furan rings is 1. The fourth-order valence-corrected chi connectivity index (χ4v) is 5.15. The molecule has 0 radical (unpaired) electrons. The minimum Gasteiger partial charge on any atom is -0.467 e.